The number of aryl methyl sites for hydroxylation is 1. The molecular formula is C11H13N3S. The molecule has 0 saturated carbocycles. The summed E-state index contributed by atoms with van der Waals surface area (Å²) in [7, 11) is 0. The van der Waals surface area contributed by atoms with Gasteiger partial charge in [0.1, 0.15) is 5.51 Å². The molecule has 0 aliphatic heterocycles. The molecule has 0 aliphatic carbocycles. The highest BCUT2D eigenvalue weighted by Crippen LogP contribution is 2.25. The van der Waals surface area contributed by atoms with E-state index >= 15 is 0 Å². The molecule has 0 spiro atoms. The zero-order chi connectivity index (χ0) is 10.8. The van der Waals surface area contributed by atoms with Crippen LogP contribution in [0.1, 0.15) is 16.7 Å². The maximum atomic E-state index is 3.96. The SMILES string of the molecule is Cc1ccc(Nc2nncs2)c(C)c1C. The molecule has 2 aromatic rings. The lowest BCUT2D eigenvalue weighted by atomic mass is 10.0. The fourth-order valence-corrected chi connectivity index (χ4v) is 1.89. The lowest BCUT2D eigenvalue weighted by Gasteiger charge is -2.11. The first kappa shape index (κ1) is 10.1. The fourth-order valence-electron chi connectivity index (χ4n) is 1.43. The van der Waals surface area contributed by atoms with Crippen LogP contribution < -0.4 is 5.32 Å². The van der Waals surface area contributed by atoms with Crippen molar-refractivity contribution in [1.29, 1.82) is 0 Å². The first-order valence-electron chi connectivity index (χ1n) is 4.78. The number of benzene rings is 1. The molecule has 2 rings (SSSR count). The van der Waals surface area contributed by atoms with Crippen LogP contribution in [0, 0.1) is 20.8 Å². The van der Waals surface area contributed by atoms with Gasteiger partial charge in [-0.3, -0.25) is 0 Å². The van der Waals surface area contributed by atoms with Crippen LogP contribution in [0.3, 0.4) is 0 Å². The summed E-state index contributed by atoms with van der Waals surface area (Å²) in [4.78, 5) is 0. The summed E-state index contributed by atoms with van der Waals surface area (Å²) >= 11 is 1.50. The monoisotopic (exact) mass is 219 g/mol. The Morgan fingerprint density at radius 2 is 1.93 bits per heavy atom. The van der Waals surface area contributed by atoms with Gasteiger partial charge in [-0.15, -0.1) is 10.2 Å². The van der Waals surface area contributed by atoms with Gasteiger partial charge in [-0.25, -0.2) is 0 Å². The van der Waals surface area contributed by atoms with E-state index in [4.69, 9.17) is 0 Å². The molecule has 78 valence electrons. The van der Waals surface area contributed by atoms with E-state index in [-0.39, 0.29) is 0 Å². The largest absolute Gasteiger partial charge is 0.330 e. The van der Waals surface area contributed by atoms with Crippen molar-refractivity contribution in [2.75, 3.05) is 5.32 Å². The zero-order valence-electron chi connectivity index (χ0n) is 9.03. The summed E-state index contributed by atoms with van der Waals surface area (Å²) in [5.41, 5.74) is 6.73. The molecule has 0 radical (unpaired) electrons. The first-order valence-corrected chi connectivity index (χ1v) is 5.66. The van der Waals surface area contributed by atoms with Crippen LogP contribution in [0.15, 0.2) is 17.6 Å². The van der Waals surface area contributed by atoms with E-state index in [9.17, 15) is 0 Å². The van der Waals surface area contributed by atoms with Gasteiger partial charge in [0, 0.05) is 5.69 Å². The molecular weight excluding hydrogens is 206 g/mol. The maximum absolute atomic E-state index is 3.96. The molecule has 0 bridgehead atoms. The van der Waals surface area contributed by atoms with Crippen LogP contribution >= 0.6 is 11.3 Å². The summed E-state index contributed by atoms with van der Waals surface area (Å²) in [6, 6.07) is 4.20. The lowest BCUT2D eigenvalue weighted by molar-refractivity contribution is 1.09. The zero-order valence-corrected chi connectivity index (χ0v) is 9.85. The molecule has 15 heavy (non-hydrogen) atoms. The average Bonchev–Trinajstić information content (AvgIpc) is 2.72. The Labute approximate surface area is 93.2 Å². The Kier molecular flexibility index (Phi) is 2.68. The quantitative estimate of drug-likeness (QED) is 0.842. The van der Waals surface area contributed by atoms with Gasteiger partial charge in [0.2, 0.25) is 5.13 Å². The van der Waals surface area contributed by atoms with Gasteiger partial charge in [-0.05, 0) is 43.5 Å². The number of hydrogen-bond donors (Lipinski definition) is 1. The molecule has 0 aliphatic rings. The lowest BCUT2D eigenvalue weighted by Crippen LogP contribution is -1.96. The van der Waals surface area contributed by atoms with Gasteiger partial charge < -0.3 is 5.32 Å². The minimum Gasteiger partial charge on any atom is -0.330 e. The van der Waals surface area contributed by atoms with Crippen molar-refractivity contribution >= 4 is 22.2 Å². The van der Waals surface area contributed by atoms with Crippen LogP contribution in [0.2, 0.25) is 0 Å². The summed E-state index contributed by atoms with van der Waals surface area (Å²) in [5, 5.41) is 11.9. The molecule has 3 nitrogen and oxygen atoms in total. The first-order chi connectivity index (χ1) is 7.18. The fraction of sp³-hybridized carbons (Fsp3) is 0.273. The predicted molar refractivity (Wildman–Crippen MR) is 63.8 cm³/mol. The van der Waals surface area contributed by atoms with Crippen molar-refractivity contribution in [2.24, 2.45) is 0 Å². The van der Waals surface area contributed by atoms with Gasteiger partial charge in [-0.2, -0.15) is 0 Å². The van der Waals surface area contributed by atoms with E-state index in [1.807, 2.05) is 0 Å². The number of hydrogen-bond acceptors (Lipinski definition) is 4. The Morgan fingerprint density at radius 1 is 1.13 bits per heavy atom. The maximum Gasteiger partial charge on any atom is 0.209 e. The van der Waals surface area contributed by atoms with Gasteiger partial charge in [0.25, 0.3) is 0 Å². The predicted octanol–water partition coefficient (Wildman–Crippen LogP) is 3.21. The smallest absolute Gasteiger partial charge is 0.209 e. The highest BCUT2D eigenvalue weighted by atomic mass is 32.1. The number of anilines is 2. The molecule has 1 heterocycles. The molecule has 4 heteroatoms. The van der Waals surface area contributed by atoms with Crippen molar-refractivity contribution in [3.63, 3.8) is 0 Å². The van der Waals surface area contributed by atoms with Crippen molar-refractivity contribution in [3.05, 3.63) is 34.3 Å². The average molecular weight is 219 g/mol. The van der Waals surface area contributed by atoms with Crippen molar-refractivity contribution < 1.29 is 0 Å². The van der Waals surface area contributed by atoms with Crippen molar-refractivity contribution in [1.82, 2.24) is 10.2 Å². The van der Waals surface area contributed by atoms with E-state index in [0.717, 1.165) is 10.8 Å². The molecule has 0 saturated heterocycles. The molecule has 1 N–H and O–H groups in total. The number of nitrogens with zero attached hydrogens (tertiary/aromatic N) is 2. The van der Waals surface area contributed by atoms with Gasteiger partial charge in [0.15, 0.2) is 0 Å². The van der Waals surface area contributed by atoms with Gasteiger partial charge >= 0.3 is 0 Å². The van der Waals surface area contributed by atoms with Crippen molar-refractivity contribution in [2.45, 2.75) is 20.8 Å². The number of aromatic nitrogens is 2. The Hall–Kier alpha value is -1.42. The number of rotatable bonds is 2. The molecule has 0 atom stereocenters. The van der Waals surface area contributed by atoms with Gasteiger partial charge in [0.05, 0.1) is 0 Å². The van der Waals surface area contributed by atoms with Crippen LogP contribution in [0.25, 0.3) is 0 Å². The normalized spacial score (nSPS) is 10.3. The topological polar surface area (TPSA) is 37.8 Å². The summed E-state index contributed by atoms with van der Waals surface area (Å²) in [5.74, 6) is 0. The number of nitrogens with one attached hydrogen (secondary N) is 1. The summed E-state index contributed by atoms with van der Waals surface area (Å²) in [6.07, 6.45) is 0. The van der Waals surface area contributed by atoms with Crippen LogP contribution in [-0.2, 0) is 0 Å². The summed E-state index contributed by atoms with van der Waals surface area (Å²) < 4.78 is 0. The third kappa shape index (κ3) is 1.99. The summed E-state index contributed by atoms with van der Waals surface area (Å²) in [6.45, 7) is 6.37. The Balaban J connectivity index is 2.34. The second-order valence-electron chi connectivity index (χ2n) is 3.55. The van der Waals surface area contributed by atoms with E-state index in [2.05, 4.69) is 48.4 Å². The Morgan fingerprint density at radius 3 is 2.60 bits per heavy atom. The van der Waals surface area contributed by atoms with E-state index in [0.29, 0.717) is 0 Å². The molecule has 1 aromatic carbocycles. The van der Waals surface area contributed by atoms with Crippen LogP contribution in [-0.4, -0.2) is 10.2 Å². The second kappa shape index (κ2) is 3.98. The van der Waals surface area contributed by atoms with Crippen LogP contribution in [0.4, 0.5) is 10.8 Å². The Bertz CT molecular complexity index is 463. The minimum absolute atomic E-state index is 0.835. The third-order valence-electron chi connectivity index (χ3n) is 2.66. The van der Waals surface area contributed by atoms with E-state index in [1.54, 1.807) is 5.51 Å². The minimum atomic E-state index is 0.835. The molecule has 0 unspecified atom stereocenters. The van der Waals surface area contributed by atoms with Crippen LogP contribution in [0.5, 0.6) is 0 Å². The molecule has 0 amide bonds. The highest BCUT2D eigenvalue weighted by molar-refractivity contribution is 7.13. The second-order valence-corrected chi connectivity index (χ2v) is 4.38. The molecule has 1 aromatic heterocycles. The standard InChI is InChI=1S/C11H13N3S/c1-7-4-5-10(9(3)8(7)2)13-11-14-12-6-15-11/h4-6H,1-3H3,(H,13,14). The van der Waals surface area contributed by atoms with Crippen molar-refractivity contribution in [3.8, 4) is 0 Å². The van der Waals surface area contributed by atoms with Gasteiger partial charge in [-0.1, -0.05) is 17.4 Å². The molecule has 0 fully saturated rings. The highest BCUT2D eigenvalue weighted by Gasteiger charge is 2.04. The third-order valence-corrected chi connectivity index (χ3v) is 3.27. The van der Waals surface area contributed by atoms with E-state index in [1.165, 1.54) is 28.0 Å². The van der Waals surface area contributed by atoms with E-state index < -0.39 is 0 Å².